The van der Waals surface area contributed by atoms with Crippen LogP contribution in [0.4, 0.5) is 0 Å². The Balaban J connectivity index is 1.43. The summed E-state index contributed by atoms with van der Waals surface area (Å²) in [6.07, 6.45) is 8.25. The summed E-state index contributed by atoms with van der Waals surface area (Å²) < 4.78 is 11.5. The van der Waals surface area contributed by atoms with Crippen molar-refractivity contribution in [1.29, 1.82) is 0 Å². The van der Waals surface area contributed by atoms with E-state index in [1.165, 1.54) is 36.8 Å². The van der Waals surface area contributed by atoms with Gasteiger partial charge in [-0.05, 0) is 98.6 Å². The molecule has 0 radical (unpaired) electrons. The van der Waals surface area contributed by atoms with Gasteiger partial charge in [-0.2, -0.15) is 0 Å². The molecule has 0 saturated heterocycles. The highest BCUT2D eigenvalue weighted by atomic mass is 16.5. The van der Waals surface area contributed by atoms with Crippen LogP contribution < -0.4 is 9.47 Å². The van der Waals surface area contributed by atoms with Gasteiger partial charge in [-0.1, -0.05) is 24.3 Å². The van der Waals surface area contributed by atoms with Gasteiger partial charge in [0.2, 0.25) is 0 Å². The van der Waals surface area contributed by atoms with E-state index in [9.17, 15) is 0 Å². The molecule has 4 nitrogen and oxygen atoms in total. The zero-order chi connectivity index (χ0) is 21.0. The van der Waals surface area contributed by atoms with Crippen LogP contribution in [0.5, 0.6) is 11.5 Å². The fraction of sp³-hybridized carbons (Fsp3) is 0.538. The molecule has 0 aromatic heterocycles. The number of aliphatic hydroxyl groups is 2. The number of ether oxygens (including phenoxy) is 2. The number of aliphatic hydroxyl groups excluding tert-OH is 2. The molecule has 2 aromatic carbocycles. The minimum Gasteiger partial charge on any atom is -0.494 e. The molecule has 1 aliphatic rings. The molecular formula is C26H36O4. The standard InChI is InChI=1S/C26H36O4/c27-17-1-3-19-29-25-13-9-23(10-14-25)21-5-7-22(8-6-21)24-11-15-26(16-12-24)30-20-4-2-18-28/h9-16,21-22,27-28H,1-8,17-20H2. The summed E-state index contributed by atoms with van der Waals surface area (Å²) in [6, 6.07) is 17.2. The van der Waals surface area contributed by atoms with Gasteiger partial charge in [0.05, 0.1) is 13.2 Å². The molecule has 1 aliphatic carbocycles. The fourth-order valence-corrected chi connectivity index (χ4v) is 4.24. The summed E-state index contributed by atoms with van der Waals surface area (Å²) in [6.45, 7) is 1.79. The maximum atomic E-state index is 8.83. The lowest BCUT2D eigenvalue weighted by Gasteiger charge is -2.29. The minimum atomic E-state index is 0.230. The number of rotatable bonds is 12. The Kier molecular flexibility index (Phi) is 9.52. The van der Waals surface area contributed by atoms with E-state index < -0.39 is 0 Å². The van der Waals surface area contributed by atoms with Crippen molar-refractivity contribution >= 4 is 0 Å². The van der Waals surface area contributed by atoms with Crippen molar-refractivity contribution in [2.75, 3.05) is 26.4 Å². The van der Waals surface area contributed by atoms with Crippen LogP contribution in [-0.2, 0) is 0 Å². The Morgan fingerprint density at radius 1 is 0.567 bits per heavy atom. The van der Waals surface area contributed by atoms with E-state index >= 15 is 0 Å². The lowest BCUT2D eigenvalue weighted by Crippen LogP contribution is -2.12. The van der Waals surface area contributed by atoms with Crippen LogP contribution in [-0.4, -0.2) is 36.6 Å². The van der Waals surface area contributed by atoms with Crippen LogP contribution in [0.2, 0.25) is 0 Å². The highest BCUT2D eigenvalue weighted by Crippen LogP contribution is 2.41. The molecule has 1 fully saturated rings. The molecule has 0 aliphatic heterocycles. The maximum Gasteiger partial charge on any atom is 0.119 e. The summed E-state index contributed by atoms with van der Waals surface area (Å²) in [5, 5.41) is 17.7. The molecule has 0 atom stereocenters. The summed E-state index contributed by atoms with van der Waals surface area (Å²) in [5.74, 6) is 3.12. The Hall–Kier alpha value is -2.04. The lowest BCUT2D eigenvalue weighted by atomic mass is 9.76. The molecular weight excluding hydrogens is 376 g/mol. The van der Waals surface area contributed by atoms with Crippen molar-refractivity contribution < 1.29 is 19.7 Å². The largest absolute Gasteiger partial charge is 0.494 e. The van der Waals surface area contributed by atoms with Gasteiger partial charge in [0.1, 0.15) is 11.5 Å². The second-order valence-corrected chi connectivity index (χ2v) is 8.24. The number of hydrogen-bond acceptors (Lipinski definition) is 4. The first-order valence-electron chi connectivity index (χ1n) is 11.5. The first kappa shape index (κ1) is 22.6. The van der Waals surface area contributed by atoms with Crippen molar-refractivity contribution in [3.63, 3.8) is 0 Å². The molecule has 30 heavy (non-hydrogen) atoms. The second-order valence-electron chi connectivity index (χ2n) is 8.24. The van der Waals surface area contributed by atoms with Crippen molar-refractivity contribution in [1.82, 2.24) is 0 Å². The van der Waals surface area contributed by atoms with Gasteiger partial charge in [0, 0.05) is 13.2 Å². The van der Waals surface area contributed by atoms with E-state index in [1.54, 1.807) is 0 Å². The molecule has 0 spiro atoms. The SMILES string of the molecule is OCCCCOc1ccc(C2CCC(c3ccc(OCCCCO)cc3)CC2)cc1. The normalized spacial score (nSPS) is 18.9. The monoisotopic (exact) mass is 412 g/mol. The fourth-order valence-electron chi connectivity index (χ4n) is 4.24. The molecule has 164 valence electrons. The molecule has 2 aromatic rings. The van der Waals surface area contributed by atoms with Gasteiger partial charge >= 0.3 is 0 Å². The van der Waals surface area contributed by atoms with Crippen molar-refractivity contribution in [3.05, 3.63) is 59.7 Å². The molecule has 0 unspecified atom stereocenters. The van der Waals surface area contributed by atoms with Crippen molar-refractivity contribution in [2.45, 2.75) is 63.2 Å². The third-order valence-electron chi connectivity index (χ3n) is 6.07. The van der Waals surface area contributed by atoms with Gasteiger partial charge in [-0.15, -0.1) is 0 Å². The van der Waals surface area contributed by atoms with E-state index in [0.29, 0.717) is 25.0 Å². The zero-order valence-corrected chi connectivity index (χ0v) is 18.0. The van der Waals surface area contributed by atoms with Crippen LogP contribution >= 0.6 is 0 Å². The molecule has 0 heterocycles. The summed E-state index contributed by atoms with van der Waals surface area (Å²) in [5.41, 5.74) is 2.84. The van der Waals surface area contributed by atoms with Crippen molar-refractivity contribution in [3.8, 4) is 11.5 Å². The third kappa shape index (κ3) is 7.03. The van der Waals surface area contributed by atoms with Gasteiger partial charge in [0.15, 0.2) is 0 Å². The first-order valence-corrected chi connectivity index (χ1v) is 11.5. The summed E-state index contributed by atoms with van der Waals surface area (Å²) >= 11 is 0. The van der Waals surface area contributed by atoms with Crippen LogP contribution in [0.25, 0.3) is 0 Å². The van der Waals surface area contributed by atoms with Crippen LogP contribution in [0.3, 0.4) is 0 Å². The smallest absolute Gasteiger partial charge is 0.119 e. The molecule has 0 amide bonds. The second kappa shape index (κ2) is 12.6. The quantitative estimate of drug-likeness (QED) is 0.456. The zero-order valence-electron chi connectivity index (χ0n) is 18.0. The Morgan fingerprint density at radius 2 is 0.933 bits per heavy atom. The van der Waals surface area contributed by atoms with Crippen molar-refractivity contribution in [2.24, 2.45) is 0 Å². The molecule has 3 rings (SSSR count). The molecule has 2 N–H and O–H groups in total. The highest BCUT2D eigenvalue weighted by Gasteiger charge is 2.23. The Bertz CT molecular complexity index is 639. The molecule has 0 bridgehead atoms. The van der Waals surface area contributed by atoms with Crippen LogP contribution in [0, 0.1) is 0 Å². The lowest BCUT2D eigenvalue weighted by molar-refractivity contribution is 0.253. The van der Waals surface area contributed by atoms with E-state index in [0.717, 1.165) is 37.2 Å². The van der Waals surface area contributed by atoms with Gasteiger partial charge in [-0.25, -0.2) is 0 Å². The van der Waals surface area contributed by atoms with E-state index in [2.05, 4.69) is 48.5 Å². The first-order chi connectivity index (χ1) is 14.8. The molecule has 4 heteroatoms. The number of unbranched alkanes of at least 4 members (excludes halogenated alkanes) is 2. The van der Waals surface area contributed by atoms with Crippen LogP contribution in [0.1, 0.15) is 74.3 Å². The van der Waals surface area contributed by atoms with Crippen LogP contribution in [0.15, 0.2) is 48.5 Å². The predicted molar refractivity (Wildman–Crippen MR) is 120 cm³/mol. The van der Waals surface area contributed by atoms with Gasteiger partial charge in [-0.3, -0.25) is 0 Å². The number of benzene rings is 2. The Morgan fingerprint density at radius 3 is 1.27 bits per heavy atom. The minimum absolute atomic E-state index is 0.230. The summed E-state index contributed by atoms with van der Waals surface area (Å²) in [4.78, 5) is 0. The Labute approximate surface area is 180 Å². The van der Waals surface area contributed by atoms with Gasteiger partial charge < -0.3 is 19.7 Å². The van der Waals surface area contributed by atoms with Gasteiger partial charge in [0.25, 0.3) is 0 Å². The topological polar surface area (TPSA) is 58.9 Å². The van der Waals surface area contributed by atoms with E-state index in [-0.39, 0.29) is 13.2 Å². The summed E-state index contributed by atoms with van der Waals surface area (Å²) in [7, 11) is 0. The average molecular weight is 413 g/mol. The average Bonchev–Trinajstić information content (AvgIpc) is 2.81. The maximum absolute atomic E-state index is 8.83. The highest BCUT2D eigenvalue weighted by molar-refractivity contribution is 5.32. The van der Waals surface area contributed by atoms with E-state index in [4.69, 9.17) is 19.7 Å². The molecule has 1 saturated carbocycles. The number of hydrogen-bond donors (Lipinski definition) is 2. The predicted octanol–water partition coefficient (Wildman–Crippen LogP) is 5.43. The van der Waals surface area contributed by atoms with E-state index in [1.807, 2.05) is 0 Å². The third-order valence-corrected chi connectivity index (χ3v) is 6.07.